The minimum Gasteiger partial charge on any atom is -0.454 e. The zero-order chi connectivity index (χ0) is 30.2. The van der Waals surface area contributed by atoms with Gasteiger partial charge in [-0.25, -0.2) is 14.7 Å². The highest BCUT2D eigenvalue weighted by Crippen LogP contribution is 2.32. The van der Waals surface area contributed by atoms with Crippen LogP contribution < -0.4 is 4.90 Å². The van der Waals surface area contributed by atoms with E-state index in [1.165, 1.54) is 24.3 Å². The molecule has 0 N–H and O–H groups in total. The Labute approximate surface area is 244 Å². The molecule has 210 valence electrons. The molecule has 0 atom stereocenters. The van der Waals surface area contributed by atoms with Gasteiger partial charge in [0.1, 0.15) is 0 Å². The zero-order valence-electron chi connectivity index (χ0n) is 22.6. The number of esters is 1. The molecule has 0 bridgehead atoms. The topological polar surface area (TPSA) is 137 Å². The molecule has 1 aromatic heterocycles. The first-order valence-corrected chi connectivity index (χ1v) is 13.2. The first-order valence-electron chi connectivity index (χ1n) is 13.2. The number of aromatic nitrogens is 1. The molecular formula is C33H21N3O7. The molecule has 0 radical (unpaired) electrons. The fourth-order valence-corrected chi connectivity index (χ4v) is 4.97. The number of rotatable bonds is 7. The average molecular weight is 572 g/mol. The maximum absolute atomic E-state index is 13.3. The van der Waals surface area contributed by atoms with E-state index >= 15 is 0 Å². The second kappa shape index (κ2) is 10.7. The van der Waals surface area contributed by atoms with Crippen LogP contribution in [-0.4, -0.2) is 40.1 Å². The molecule has 1 aliphatic rings. The molecule has 0 saturated heterocycles. The number of para-hydroxylation sites is 1. The number of nitro benzene ring substituents is 1. The number of ketones is 1. The van der Waals surface area contributed by atoms with Crippen molar-refractivity contribution < 1.29 is 28.8 Å². The lowest BCUT2D eigenvalue weighted by Gasteiger charge is -2.15. The van der Waals surface area contributed by atoms with Crippen molar-refractivity contribution in [2.24, 2.45) is 0 Å². The van der Waals surface area contributed by atoms with Crippen molar-refractivity contribution in [3.05, 3.63) is 135 Å². The van der Waals surface area contributed by atoms with Gasteiger partial charge in [-0.15, -0.1) is 0 Å². The number of pyridine rings is 1. The molecule has 0 saturated carbocycles. The summed E-state index contributed by atoms with van der Waals surface area (Å²) in [4.78, 5) is 67.9. The zero-order valence-corrected chi connectivity index (χ0v) is 22.6. The van der Waals surface area contributed by atoms with Crippen LogP contribution in [0.1, 0.15) is 47.0 Å². The predicted octanol–water partition coefficient (Wildman–Crippen LogP) is 5.96. The van der Waals surface area contributed by atoms with E-state index in [1.807, 2.05) is 13.0 Å². The van der Waals surface area contributed by atoms with Crippen molar-refractivity contribution in [1.29, 1.82) is 0 Å². The number of non-ortho nitro benzene ring substituents is 1. The Hall–Kier alpha value is -6.03. The van der Waals surface area contributed by atoms with Gasteiger partial charge in [0, 0.05) is 28.6 Å². The first-order chi connectivity index (χ1) is 20.7. The van der Waals surface area contributed by atoms with E-state index < -0.39 is 35.1 Å². The van der Waals surface area contributed by atoms with E-state index in [1.54, 1.807) is 66.7 Å². The van der Waals surface area contributed by atoms with Gasteiger partial charge in [0.25, 0.3) is 17.5 Å². The second-order valence-electron chi connectivity index (χ2n) is 9.87. The minimum absolute atomic E-state index is 0.156. The van der Waals surface area contributed by atoms with Crippen molar-refractivity contribution in [1.82, 2.24) is 4.98 Å². The standard InChI is InChI=1S/C33H21N3O7/c1-19-5-4-8-24-27(33(40)43-18-29(37)21-11-15-23(16-12-21)36(41)42)17-28(34-30(19)24)20-9-13-22(14-10-20)35-31(38)25-6-2-3-7-26(25)32(35)39/h2-17H,18H2,1H3. The minimum atomic E-state index is -0.739. The Morgan fingerprint density at radius 3 is 2.14 bits per heavy atom. The quantitative estimate of drug-likeness (QED) is 0.0767. The number of benzene rings is 4. The van der Waals surface area contributed by atoms with Gasteiger partial charge in [0.05, 0.1) is 38.5 Å². The van der Waals surface area contributed by atoms with Crippen molar-refractivity contribution in [2.45, 2.75) is 6.92 Å². The molecule has 0 unspecified atom stereocenters. The maximum Gasteiger partial charge on any atom is 0.339 e. The number of ether oxygens (including phenoxy) is 1. The van der Waals surface area contributed by atoms with Gasteiger partial charge in [-0.05, 0) is 55.0 Å². The molecule has 6 rings (SSSR count). The Morgan fingerprint density at radius 2 is 1.51 bits per heavy atom. The summed E-state index contributed by atoms with van der Waals surface area (Å²) in [7, 11) is 0. The second-order valence-corrected chi connectivity index (χ2v) is 9.87. The van der Waals surface area contributed by atoms with E-state index in [4.69, 9.17) is 9.72 Å². The number of imide groups is 1. The fourth-order valence-electron chi connectivity index (χ4n) is 4.97. The average Bonchev–Trinajstić information content (AvgIpc) is 3.28. The van der Waals surface area contributed by atoms with Crippen LogP contribution in [0.15, 0.2) is 97.1 Å². The van der Waals surface area contributed by atoms with Crippen LogP contribution in [0.5, 0.6) is 0 Å². The van der Waals surface area contributed by atoms with E-state index in [0.29, 0.717) is 39.0 Å². The summed E-state index contributed by atoms with van der Waals surface area (Å²) in [5, 5.41) is 11.4. The highest BCUT2D eigenvalue weighted by atomic mass is 16.6. The number of carbonyl (C=O) groups is 4. The smallest absolute Gasteiger partial charge is 0.339 e. The highest BCUT2D eigenvalue weighted by molar-refractivity contribution is 6.34. The predicted molar refractivity (Wildman–Crippen MR) is 157 cm³/mol. The monoisotopic (exact) mass is 571 g/mol. The van der Waals surface area contributed by atoms with Crippen molar-refractivity contribution in [3.63, 3.8) is 0 Å². The van der Waals surface area contributed by atoms with Crippen LogP contribution in [0, 0.1) is 17.0 Å². The van der Waals surface area contributed by atoms with Crippen LogP contribution in [0.25, 0.3) is 22.2 Å². The number of carbonyl (C=O) groups excluding carboxylic acids is 4. The third kappa shape index (κ3) is 4.91. The lowest BCUT2D eigenvalue weighted by Crippen LogP contribution is -2.29. The first kappa shape index (κ1) is 27.2. The summed E-state index contributed by atoms with van der Waals surface area (Å²) < 4.78 is 5.37. The largest absolute Gasteiger partial charge is 0.454 e. The van der Waals surface area contributed by atoms with Crippen LogP contribution in [-0.2, 0) is 4.74 Å². The van der Waals surface area contributed by atoms with Crippen molar-refractivity contribution in [3.8, 4) is 11.3 Å². The number of amides is 2. The number of hydrogen-bond donors (Lipinski definition) is 0. The molecule has 4 aromatic carbocycles. The number of anilines is 1. The molecule has 43 heavy (non-hydrogen) atoms. The third-order valence-electron chi connectivity index (χ3n) is 7.21. The Balaban J connectivity index is 1.28. The molecule has 0 fully saturated rings. The van der Waals surface area contributed by atoms with E-state index in [9.17, 15) is 29.3 Å². The third-order valence-corrected chi connectivity index (χ3v) is 7.21. The maximum atomic E-state index is 13.3. The SMILES string of the molecule is Cc1cccc2c(C(=O)OCC(=O)c3ccc([N+](=O)[O-])cc3)cc(-c3ccc(N4C(=O)c5ccccc5C4=O)cc3)nc12. The molecule has 2 amide bonds. The Bertz CT molecular complexity index is 1950. The molecular weight excluding hydrogens is 550 g/mol. The van der Waals surface area contributed by atoms with Crippen LogP contribution >= 0.6 is 0 Å². The van der Waals surface area contributed by atoms with Crippen LogP contribution in [0.3, 0.4) is 0 Å². The molecule has 10 heteroatoms. The van der Waals surface area contributed by atoms with E-state index in [-0.39, 0.29) is 16.8 Å². The number of aryl methyl sites for hydroxylation is 1. The Morgan fingerprint density at radius 1 is 0.860 bits per heavy atom. The number of nitrogens with zero attached hydrogens (tertiary/aromatic N) is 3. The van der Waals surface area contributed by atoms with E-state index in [0.717, 1.165) is 10.5 Å². The van der Waals surface area contributed by atoms with Gasteiger partial charge >= 0.3 is 5.97 Å². The lowest BCUT2D eigenvalue weighted by atomic mass is 10.0. The lowest BCUT2D eigenvalue weighted by molar-refractivity contribution is -0.384. The van der Waals surface area contributed by atoms with Gasteiger partial charge in [-0.1, -0.05) is 42.5 Å². The normalized spacial score (nSPS) is 12.3. The number of hydrogen-bond acceptors (Lipinski definition) is 8. The van der Waals surface area contributed by atoms with Gasteiger partial charge in [-0.2, -0.15) is 0 Å². The fraction of sp³-hybridized carbons (Fsp3) is 0.0606. The van der Waals surface area contributed by atoms with Crippen molar-refractivity contribution >= 4 is 45.8 Å². The molecule has 2 heterocycles. The molecule has 1 aliphatic heterocycles. The molecule has 5 aromatic rings. The number of Topliss-reactive ketones (excluding diaryl/α,β-unsaturated/α-hetero) is 1. The molecule has 0 spiro atoms. The summed E-state index contributed by atoms with van der Waals surface area (Å²) in [5.41, 5.74) is 3.77. The van der Waals surface area contributed by atoms with Crippen LogP contribution in [0.2, 0.25) is 0 Å². The summed E-state index contributed by atoms with van der Waals surface area (Å²) in [6, 6.07) is 25.3. The summed E-state index contributed by atoms with van der Waals surface area (Å²) in [6.07, 6.45) is 0. The number of nitro groups is 1. The summed E-state index contributed by atoms with van der Waals surface area (Å²) in [6.45, 7) is 1.30. The Kier molecular flexibility index (Phi) is 6.79. The van der Waals surface area contributed by atoms with Gasteiger partial charge < -0.3 is 4.74 Å². The summed E-state index contributed by atoms with van der Waals surface area (Å²) >= 11 is 0. The molecule has 10 nitrogen and oxygen atoms in total. The van der Waals surface area contributed by atoms with Crippen LogP contribution in [0.4, 0.5) is 11.4 Å². The van der Waals surface area contributed by atoms with Gasteiger partial charge in [0.15, 0.2) is 12.4 Å². The van der Waals surface area contributed by atoms with Gasteiger partial charge in [-0.3, -0.25) is 24.5 Å². The van der Waals surface area contributed by atoms with Gasteiger partial charge in [0.2, 0.25) is 0 Å². The highest BCUT2D eigenvalue weighted by Gasteiger charge is 2.36. The molecule has 0 aliphatic carbocycles. The summed E-state index contributed by atoms with van der Waals surface area (Å²) in [5.74, 6) is -2.05. The van der Waals surface area contributed by atoms with E-state index in [2.05, 4.69) is 0 Å². The van der Waals surface area contributed by atoms with Crippen molar-refractivity contribution in [2.75, 3.05) is 11.5 Å². The number of fused-ring (bicyclic) bond motifs is 2.